The van der Waals surface area contributed by atoms with Crippen molar-refractivity contribution in [2.45, 2.75) is 117 Å². The van der Waals surface area contributed by atoms with Crippen molar-refractivity contribution < 1.29 is 23.7 Å². The first kappa shape index (κ1) is 30.4. The summed E-state index contributed by atoms with van der Waals surface area (Å²) >= 11 is 0. The van der Waals surface area contributed by atoms with E-state index in [1.807, 2.05) is 0 Å². The number of carbonyl (C=O) groups is 1. The molecule has 31 heavy (non-hydrogen) atoms. The zero-order valence-corrected chi connectivity index (χ0v) is 20.8. The van der Waals surface area contributed by atoms with Gasteiger partial charge in [0.05, 0.1) is 33.0 Å². The van der Waals surface area contributed by atoms with Gasteiger partial charge in [0.1, 0.15) is 6.61 Å². The number of hydrogen-bond donors (Lipinski definition) is 0. The second-order valence-electron chi connectivity index (χ2n) is 8.40. The minimum atomic E-state index is -0.115. The third-order valence-corrected chi connectivity index (χ3v) is 5.36. The molecular formula is C26H52O5. The van der Waals surface area contributed by atoms with Gasteiger partial charge in [-0.1, -0.05) is 97.3 Å². The fourth-order valence-electron chi connectivity index (χ4n) is 3.39. The first-order chi connectivity index (χ1) is 15.3. The van der Waals surface area contributed by atoms with Gasteiger partial charge < -0.3 is 18.9 Å². The van der Waals surface area contributed by atoms with Crippen molar-refractivity contribution in [3.8, 4) is 0 Å². The number of unbranched alkanes of at least 4 members (excludes halogenated alkanes) is 13. The third kappa shape index (κ3) is 27.3. The maximum Gasteiger partial charge on any atom is 0.305 e. The molecule has 5 heteroatoms. The molecule has 0 spiro atoms. The Balaban J connectivity index is 3.08. The van der Waals surface area contributed by atoms with Crippen molar-refractivity contribution >= 4 is 5.97 Å². The highest BCUT2D eigenvalue weighted by atomic mass is 16.6. The molecule has 0 rings (SSSR count). The lowest BCUT2D eigenvalue weighted by Gasteiger charge is -2.08. The Morgan fingerprint density at radius 3 is 1.35 bits per heavy atom. The molecule has 0 bridgehead atoms. The van der Waals surface area contributed by atoms with E-state index in [9.17, 15) is 4.79 Å². The zero-order chi connectivity index (χ0) is 22.7. The molecule has 0 saturated carbocycles. The van der Waals surface area contributed by atoms with E-state index >= 15 is 0 Å². The smallest absolute Gasteiger partial charge is 0.305 e. The Bertz CT molecular complexity index is 349. The van der Waals surface area contributed by atoms with E-state index in [1.165, 1.54) is 77.0 Å². The molecular weight excluding hydrogens is 392 g/mol. The highest BCUT2D eigenvalue weighted by Crippen LogP contribution is 2.10. The van der Waals surface area contributed by atoms with Gasteiger partial charge >= 0.3 is 5.97 Å². The number of ether oxygens (including phenoxy) is 4. The standard InChI is InChI=1S/C26H52O5/c1-3-5-7-9-10-11-12-13-15-17-19-28-20-21-29-22-23-30-24-25-31-26(27)18-16-14-8-6-4-2/h3-25H2,1-2H3. The summed E-state index contributed by atoms with van der Waals surface area (Å²) in [6, 6.07) is 0. The normalized spacial score (nSPS) is 11.2. The monoisotopic (exact) mass is 444 g/mol. The van der Waals surface area contributed by atoms with Gasteiger partial charge in [0.2, 0.25) is 0 Å². The summed E-state index contributed by atoms with van der Waals surface area (Å²) in [5.74, 6) is -0.115. The quantitative estimate of drug-likeness (QED) is 0.108. The van der Waals surface area contributed by atoms with E-state index in [1.54, 1.807) is 0 Å². The van der Waals surface area contributed by atoms with E-state index in [2.05, 4.69) is 13.8 Å². The van der Waals surface area contributed by atoms with Gasteiger partial charge in [0.15, 0.2) is 0 Å². The lowest BCUT2D eigenvalue weighted by atomic mass is 10.1. The van der Waals surface area contributed by atoms with Crippen LogP contribution in [-0.2, 0) is 23.7 Å². The van der Waals surface area contributed by atoms with Gasteiger partial charge in [-0.2, -0.15) is 0 Å². The third-order valence-electron chi connectivity index (χ3n) is 5.36. The molecule has 0 N–H and O–H groups in total. The molecule has 0 aliphatic carbocycles. The van der Waals surface area contributed by atoms with Gasteiger partial charge in [-0.05, 0) is 12.8 Å². The van der Waals surface area contributed by atoms with Crippen LogP contribution in [0.1, 0.15) is 117 Å². The van der Waals surface area contributed by atoms with Gasteiger partial charge in [0, 0.05) is 13.0 Å². The maximum absolute atomic E-state index is 11.6. The van der Waals surface area contributed by atoms with E-state index in [0.717, 1.165) is 25.9 Å². The van der Waals surface area contributed by atoms with Crippen LogP contribution in [-0.4, -0.2) is 52.2 Å². The number of carbonyl (C=O) groups excluding carboxylic acids is 1. The first-order valence-electron chi connectivity index (χ1n) is 13.2. The largest absolute Gasteiger partial charge is 0.463 e. The van der Waals surface area contributed by atoms with Crippen LogP contribution in [0.15, 0.2) is 0 Å². The number of hydrogen-bond acceptors (Lipinski definition) is 5. The van der Waals surface area contributed by atoms with Crippen molar-refractivity contribution in [3.05, 3.63) is 0 Å². The molecule has 0 aliphatic rings. The summed E-state index contributed by atoms with van der Waals surface area (Å²) in [6.07, 6.45) is 19.7. The number of rotatable bonds is 26. The molecule has 0 aromatic heterocycles. The molecule has 0 aliphatic heterocycles. The van der Waals surface area contributed by atoms with Crippen LogP contribution in [0.5, 0.6) is 0 Å². The van der Waals surface area contributed by atoms with Crippen molar-refractivity contribution in [3.63, 3.8) is 0 Å². The van der Waals surface area contributed by atoms with E-state index < -0.39 is 0 Å². The Hall–Kier alpha value is -0.650. The van der Waals surface area contributed by atoms with Crippen LogP contribution in [0.3, 0.4) is 0 Å². The summed E-state index contributed by atoms with van der Waals surface area (Å²) < 4.78 is 21.7. The van der Waals surface area contributed by atoms with E-state index in [4.69, 9.17) is 18.9 Å². The summed E-state index contributed by atoms with van der Waals surface area (Å²) in [4.78, 5) is 11.6. The molecule has 0 atom stereocenters. The number of esters is 1. The minimum Gasteiger partial charge on any atom is -0.463 e. The SMILES string of the molecule is CCCCCCCCCCCCOCCOCCOCCOC(=O)CCCCCCC. The van der Waals surface area contributed by atoms with Gasteiger partial charge in [0.25, 0.3) is 0 Å². The molecule has 186 valence electrons. The highest BCUT2D eigenvalue weighted by molar-refractivity contribution is 5.69. The summed E-state index contributed by atoms with van der Waals surface area (Å²) in [6.45, 7) is 8.37. The van der Waals surface area contributed by atoms with Crippen LogP contribution in [0.2, 0.25) is 0 Å². The van der Waals surface area contributed by atoms with Crippen molar-refractivity contribution in [1.82, 2.24) is 0 Å². The second-order valence-corrected chi connectivity index (χ2v) is 8.40. The lowest BCUT2D eigenvalue weighted by Crippen LogP contribution is -2.14. The van der Waals surface area contributed by atoms with Gasteiger partial charge in [-0.15, -0.1) is 0 Å². The Morgan fingerprint density at radius 2 is 0.839 bits per heavy atom. The Kier molecular flexibility index (Phi) is 26.8. The minimum absolute atomic E-state index is 0.115. The van der Waals surface area contributed by atoms with Gasteiger partial charge in [-0.25, -0.2) is 0 Å². The van der Waals surface area contributed by atoms with Crippen molar-refractivity contribution in [2.24, 2.45) is 0 Å². The molecule has 0 aromatic rings. The first-order valence-corrected chi connectivity index (χ1v) is 13.2. The van der Waals surface area contributed by atoms with E-state index in [-0.39, 0.29) is 5.97 Å². The molecule has 0 heterocycles. The molecule has 0 radical (unpaired) electrons. The fourth-order valence-corrected chi connectivity index (χ4v) is 3.39. The Morgan fingerprint density at radius 1 is 0.452 bits per heavy atom. The Labute approximate surface area is 192 Å². The fraction of sp³-hybridized carbons (Fsp3) is 0.962. The predicted molar refractivity (Wildman–Crippen MR) is 129 cm³/mol. The average Bonchev–Trinajstić information content (AvgIpc) is 2.77. The molecule has 0 unspecified atom stereocenters. The van der Waals surface area contributed by atoms with E-state index in [0.29, 0.717) is 46.1 Å². The molecule has 5 nitrogen and oxygen atoms in total. The summed E-state index contributed by atoms with van der Waals surface area (Å²) in [7, 11) is 0. The topological polar surface area (TPSA) is 54.0 Å². The molecule has 0 aromatic carbocycles. The summed E-state index contributed by atoms with van der Waals surface area (Å²) in [5.41, 5.74) is 0. The molecule has 0 fully saturated rings. The molecule has 0 amide bonds. The predicted octanol–water partition coefficient (Wildman–Crippen LogP) is 6.86. The van der Waals surface area contributed by atoms with Crippen LogP contribution >= 0.6 is 0 Å². The van der Waals surface area contributed by atoms with Gasteiger partial charge in [-0.3, -0.25) is 4.79 Å². The average molecular weight is 445 g/mol. The zero-order valence-electron chi connectivity index (χ0n) is 20.8. The molecule has 0 saturated heterocycles. The maximum atomic E-state index is 11.6. The summed E-state index contributed by atoms with van der Waals surface area (Å²) in [5, 5.41) is 0. The van der Waals surface area contributed by atoms with Crippen LogP contribution in [0.4, 0.5) is 0 Å². The van der Waals surface area contributed by atoms with Crippen LogP contribution in [0.25, 0.3) is 0 Å². The lowest BCUT2D eigenvalue weighted by molar-refractivity contribution is -0.145. The van der Waals surface area contributed by atoms with Crippen molar-refractivity contribution in [2.75, 3.05) is 46.2 Å². The second kappa shape index (κ2) is 27.4. The van der Waals surface area contributed by atoms with Crippen molar-refractivity contribution in [1.29, 1.82) is 0 Å². The highest BCUT2D eigenvalue weighted by Gasteiger charge is 2.02. The van der Waals surface area contributed by atoms with Crippen LogP contribution < -0.4 is 0 Å². The van der Waals surface area contributed by atoms with Crippen LogP contribution in [0, 0.1) is 0 Å².